The van der Waals surface area contributed by atoms with Crippen LogP contribution in [0.15, 0.2) is 53.7 Å². The molecule has 1 amide bonds. The van der Waals surface area contributed by atoms with Crippen LogP contribution in [-0.2, 0) is 11.2 Å². The maximum Gasteiger partial charge on any atom is 0.234 e. The number of anilines is 1. The molecule has 3 rings (SSSR count). The van der Waals surface area contributed by atoms with E-state index in [9.17, 15) is 4.79 Å². The minimum atomic E-state index is -0.0912. The van der Waals surface area contributed by atoms with E-state index >= 15 is 0 Å². The summed E-state index contributed by atoms with van der Waals surface area (Å²) in [5.74, 6) is 0.146. The molecule has 3 aromatic rings. The molecule has 0 aliphatic carbocycles. The molecule has 1 aromatic heterocycles. The molecule has 0 spiro atoms. The van der Waals surface area contributed by atoms with Crippen molar-refractivity contribution in [3.8, 4) is 5.69 Å². The minimum absolute atomic E-state index is 0.0912. The van der Waals surface area contributed by atoms with E-state index in [1.807, 2.05) is 43.3 Å². The number of carbonyl (C=O) groups is 1. The SMILES string of the molecule is CCc1ccc(-n2nnnc2SCC(=O)Nc2cccc(C)c2)cc1. The van der Waals surface area contributed by atoms with Gasteiger partial charge in [0.25, 0.3) is 0 Å². The van der Waals surface area contributed by atoms with Gasteiger partial charge >= 0.3 is 0 Å². The van der Waals surface area contributed by atoms with Crippen LogP contribution >= 0.6 is 11.8 Å². The Morgan fingerprint density at radius 2 is 2.00 bits per heavy atom. The van der Waals surface area contributed by atoms with Gasteiger partial charge < -0.3 is 5.32 Å². The van der Waals surface area contributed by atoms with Gasteiger partial charge in [-0.05, 0) is 59.2 Å². The predicted octanol–water partition coefficient (Wildman–Crippen LogP) is 3.26. The zero-order chi connectivity index (χ0) is 17.6. The zero-order valence-electron chi connectivity index (χ0n) is 14.1. The van der Waals surface area contributed by atoms with Gasteiger partial charge in [0, 0.05) is 5.69 Å². The number of aromatic nitrogens is 4. The van der Waals surface area contributed by atoms with Crippen LogP contribution in [0.1, 0.15) is 18.1 Å². The van der Waals surface area contributed by atoms with Crippen molar-refractivity contribution in [3.63, 3.8) is 0 Å². The second kappa shape index (κ2) is 7.94. The molecule has 25 heavy (non-hydrogen) atoms. The number of tetrazole rings is 1. The summed E-state index contributed by atoms with van der Waals surface area (Å²) in [7, 11) is 0. The molecule has 0 saturated carbocycles. The largest absolute Gasteiger partial charge is 0.325 e. The van der Waals surface area contributed by atoms with Gasteiger partial charge in [-0.15, -0.1) is 5.10 Å². The maximum absolute atomic E-state index is 12.1. The van der Waals surface area contributed by atoms with Crippen LogP contribution < -0.4 is 5.32 Å². The topological polar surface area (TPSA) is 72.7 Å². The predicted molar refractivity (Wildman–Crippen MR) is 99.1 cm³/mol. The molecule has 0 aliphatic rings. The fraction of sp³-hybridized carbons (Fsp3) is 0.222. The van der Waals surface area contributed by atoms with E-state index in [1.165, 1.54) is 17.3 Å². The van der Waals surface area contributed by atoms with E-state index in [2.05, 4.69) is 39.9 Å². The molecule has 7 heteroatoms. The number of nitrogens with one attached hydrogen (secondary N) is 1. The van der Waals surface area contributed by atoms with Gasteiger partial charge in [-0.3, -0.25) is 4.79 Å². The van der Waals surface area contributed by atoms with Gasteiger partial charge in [0.1, 0.15) is 0 Å². The van der Waals surface area contributed by atoms with E-state index in [-0.39, 0.29) is 11.7 Å². The number of thioether (sulfide) groups is 1. The van der Waals surface area contributed by atoms with Crippen molar-refractivity contribution < 1.29 is 4.79 Å². The first-order valence-corrected chi connectivity index (χ1v) is 9.01. The Morgan fingerprint density at radius 1 is 1.20 bits per heavy atom. The first-order valence-electron chi connectivity index (χ1n) is 8.02. The lowest BCUT2D eigenvalue weighted by molar-refractivity contribution is -0.113. The first kappa shape index (κ1) is 17.2. The third-order valence-electron chi connectivity index (χ3n) is 3.66. The number of hydrogen-bond donors (Lipinski definition) is 1. The van der Waals surface area contributed by atoms with Crippen molar-refractivity contribution in [2.75, 3.05) is 11.1 Å². The lowest BCUT2D eigenvalue weighted by Gasteiger charge is -2.07. The monoisotopic (exact) mass is 353 g/mol. The normalized spacial score (nSPS) is 10.6. The number of benzene rings is 2. The van der Waals surface area contributed by atoms with Gasteiger partial charge in [-0.2, -0.15) is 4.68 Å². The Balaban J connectivity index is 1.64. The van der Waals surface area contributed by atoms with Gasteiger partial charge in [0.05, 0.1) is 11.4 Å². The molecule has 0 saturated heterocycles. The first-order chi connectivity index (χ1) is 12.2. The summed E-state index contributed by atoms with van der Waals surface area (Å²) in [5.41, 5.74) is 4.03. The van der Waals surface area contributed by atoms with E-state index in [4.69, 9.17) is 0 Å². The highest BCUT2D eigenvalue weighted by Gasteiger charge is 2.11. The average molecular weight is 353 g/mol. The molecular formula is C18H19N5OS. The van der Waals surface area contributed by atoms with Crippen molar-refractivity contribution in [2.45, 2.75) is 25.4 Å². The quantitative estimate of drug-likeness (QED) is 0.689. The number of rotatable bonds is 6. The van der Waals surface area contributed by atoms with Crippen molar-refractivity contribution in [1.82, 2.24) is 20.2 Å². The Kier molecular flexibility index (Phi) is 5.45. The Bertz CT molecular complexity index is 860. The standard InChI is InChI=1S/C18H19N5OS/c1-3-14-7-9-16(10-8-14)23-18(20-21-22-23)25-12-17(24)19-15-6-4-5-13(2)11-15/h4-11H,3,12H2,1-2H3,(H,19,24). The van der Waals surface area contributed by atoms with Crippen LogP contribution in [0.25, 0.3) is 5.69 Å². The lowest BCUT2D eigenvalue weighted by atomic mass is 10.1. The van der Waals surface area contributed by atoms with E-state index in [1.54, 1.807) is 4.68 Å². The van der Waals surface area contributed by atoms with Crippen LogP contribution in [0.4, 0.5) is 5.69 Å². The van der Waals surface area contributed by atoms with Crippen molar-refractivity contribution in [3.05, 3.63) is 59.7 Å². The summed E-state index contributed by atoms with van der Waals surface area (Å²) in [5, 5.41) is 15.2. The molecule has 0 atom stereocenters. The van der Waals surface area contributed by atoms with Crippen LogP contribution in [0.5, 0.6) is 0 Å². The van der Waals surface area contributed by atoms with E-state index in [0.717, 1.165) is 23.4 Å². The third kappa shape index (κ3) is 4.45. The molecule has 6 nitrogen and oxygen atoms in total. The van der Waals surface area contributed by atoms with Gasteiger partial charge in [0.15, 0.2) is 0 Å². The number of amides is 1. The van der Waals surface area contributed by atoms with Gasteiger partial charge in [-0.25, -0.2) is 0 Å². The number of aryl methyl sites for hydroxylation is 2. The maximum atomic E-state index is 12.1. The summed E-state index contributed by atoms with van der Waals surface area (Å²) >= 11 is 1.30. The second-order valence-corrected chi connectivity index (χ2v) is 6.54. The van der Waals surface area contributed by atoms with Crippen LogP contribution in [0.2, 0.25) is 0 Å². The van der Waals surface area contributed by atoms with Crippen LogP contribution in [-0.4, -0.2) is 31.9 Å². The number of nitrogens with zero attached hydrogens (tertiary/aromatic N) is 4. The Labute approximate surface area is 150 Å². The van der Waals surface area contributed by atoms with Crippen LogP contribution in [0, 0.1) is 6.92 Å². The molecule has 128 valence electrons. The molecule has 0 unspecified atom stereocenters. The fourth-order valence-corrected chi connectivity index (χ4v) is 3.04. The smallest absolute Gasteiger partial charge is 0.234 e. The number of carbonyl (C=O) groups excluding carboxylic acids is 1. The van der Waals surface area contributed by atoms with E-state index < -0.39 is 0 Å². The van der Waals surface area contributed by atoms with Gasteiger partial charge in [0.2, 0.25) is 11.1 Å². The summed E-state index contributed by atoms with van der Waals surface area (Å²) in [4.78, 5) is 12.1. The zero-order valence-corrected chi connectivity index (χ0v) is 15.0. The van der Waals surface area contributed by atoms with Crippen LogP contribution in [0.3, 0.4) is 0 Å². The molecule has 1 N–H and O–H groups in total. The second-order valence-electron chi connectivity index (χ2n) is 5.60. The summed E-state index contributed by atoms with van der Waals surface area (Å²) < 4.78 is 1.64. The molecule has 0 fully saturated rings. The molecular weight excluding hydrogens is 334 g/mol. The third-order valence-corrected chi connectivity index (χ3v) is 4.58. The highest BCUT2D eigenvalue weighted by atomic mass is 32.2. The fourth-order valence-electron chi connectivity index (χ4n) is 2.35. The molecule has 0 bridgehead atoms. The van der Waals surface area contributed by atoms with E-state index in [0.29, 0.717) is 5.16 Å². The summed E-state index contributed by atoms with van der Waals surface area (Å²) in [6, 6.07) is 15.8. The van der Waals surface area contributed by atoms with Crippen molar-refractivity contribution in [2.24, 2.45) is 0 Å². The molecule has 0 aliphatic heterocycles. The van der Waals surface area contributed by atoms with Crippen molar-refractivity contribution >= 4 is 23.4 Å². The Morgan fingerprint density at radius 3 is 2.72 bits per heavy atom. The molecule has 2 aromatic carbocycles. The summed E-state index contributed by atoms with van der Waals surface area (Å²) in [6.07, 6.45) is 0.983. The minimum Gasteiger partial charge on any atom is -0.325 e. The average Bonchev–Trinajstić information content (AvgIpc) is 3.08. The van der Waals surface area contributed by atoms with Gasteiger partial charge in [-0.1, -0.05) is 43.0 Å². The highest BCUT2D eigenvalue weighted by molar-refractivity contribution is 7.99. The Hall–Kier alpha value is -2.67. The lowest BCUT2D eigenvalue weighted by Crippen LogP contribution is -2.14. The number of hydrogen-bond acceptors (Lipinski definition) is 5. The van der Waals surface area contributed by atoms with Crippen molar-refractivity contribution in [1.29, 1.82) is 0 Å². The molecule has 1 heterocycles. The molecule has 0 radical (unpaired) electrons. The summed E-state index contributed by atoms with van der Waals surface area (Å²) in [6.45, 7) is 4.10. The highest BCUT2D eigenvalue weighted by Crippen LogP contribution is 2.19.